The molecule has 22 heavy (non-hydrogen) atoms. The number of pyridine rings is 1. The van der Waals surface area contributed by atoms with E-state index in [1.807, 2.05) is 26.0 Å². The van der Waals surface area contributed by atoms with E-state index in [4.69, 9.17) is 0 Å². The summed E-state index contributed by atoms with van der Waals surface area (Å²) in [7, 11) is 0. The number of aryl methyl sites for hydroxylation is 3. The molecule has 6 heteroatoms. The lowest BCUT2D eigenvalue weighted by atomic mass is 10.1. The summed E-state index contributed by atoms with van der Waals surface area (Å²) in [5.41, 5.74) is 1.71. The molecule has 0 spiro atoms. The van der Waals surface area contributed by atoms with Crippen molar-refractivity contribution in [1.82, 2.24) is 4.98 Å². The average molecular weight is 308 g/mol. The molecular weight excluding hydrogens is 293 g/mol. The number of anilines is 1. The molecule has 0 aliphatic carbocycles. The topological polar surface area (TPSA) is 42.0 Å². The Labute approximate surface area is 126 Å². The standard InChI is InChI=1S/C16H15F3N2O/c1-9-4-6-13(10(2)8-9)21-15(22)12-5-7-14(16(17,18)19)20-11(12)3/h4-8H,1-3H3,(H,21,22). The number of benzene rings is 1. The lowest BCUT2D eigenvalue weighted by molar-refractivity contribution is -0.141. The Morgan fingerprint density at radius 1 is 1.09 bits per heavy atom. The van der Waals surface area contributed by atoms with Crippen LogP contribution in [0.4, 0.5) is 18.9 Å². The minimum Gasteiger partial charge on any atom is -0.322 e. The minimum absolute atomic E-state index is 0.0390. The fraction of sp³-hybridized carbons (Fsp3) is 0.250. The SMILES string of the molecule is Cc1ccc(NC(=O)c2ccc(C(F)(F)F)nc2C)c(C)c1. The van der Waals surface area contributed by atoms with Gasteiger partial charge in [0.1, 0.15) is 5.69 Å². The Balaban J connectivity index is 2.26. The Morgan fingerprint density at radius 3 is 2.32 bits per heavy atom. The van der Waals surface area contributed by atoms with E-state index in [2.05, 4.69) is 10.3 Å². The molecule has 1 amide bonds. The molecule has 0 unspecified atom stereocenters. The summed E-state index contributed by atoms with van der Waals surface area (Å²) < 4.78 is 37.7. The number of carbonyl (C=O) groups excluding carboxylic acids is 1. The zero-order valence-corrected chi connectivity index (χ0v) is 12.4. The van der Waals surface area contributed by atoms with Crippen molar-refractivity contribution in [3.63, 3.8) is 0 Å². The highest BCUT2D eigenvalue weighted by atomic mass is 19.4. The van der Waals surface area contributed by atoms with Crippen LogP contribution in [-0.4, -0.2) is 10.9 Å². The first-order valence-corrected chi connectivity index (χ1v) is 6.62. The van der Waals surface area contributed by atoms with Gasteiger partial charge in [0.25, 0.3) is 5.91 Å². The van der Waals surface area contributed by atoms with Gasteiger partial charge in [0.2, 0.25) is 0 Å². The molecular formula is C16H15F3N2O. The van der Waals surface area contributed by atoms with E-state index in [1.165, 1.54) is 6.92 Å². The van der Waals surface area contributed by atoms with Gasteiger partial charge >= 0.3 is 6.18 Å². The van der Waals surface area contributed by atoms with E-state index in [9.17, 15) is 18.0 Å². The number of nitrogens with one attached hydrogen (secondary N) is 1. The maximum absolute atomic E-state index is 12.6. The maximum atomic E-state index is 12.6. The number of alkyl halides is 3. The smallest absolute Gasteiger partial charge is 0.322 e. The van der Waals surface area contributed by atoms with Crippen molar-refractivity contribution in [2.75, 3.05) is 5.32 Å². The van der Waals surface area contributed by atoms with Crippen molar-refractivity contribution < 1.29 is 18.0 Å². The van der Waals surface area contributed by atoms with Crippen molar-refractivity contribution in [2.24, 2.45) is 0 Å². The zero-order valence-electron chi connectivity index (χ0n) is 12.4. The normalized spacial score (nSPS) is 11.4. The van der Waals surface area contributed by atoms with Crippen molar-refractivity contribution in [2.45, 2.75) is 26.9 Å². The van der Waals surface area contributed by atoms with Crippen molar-refractivity contribution in [3.05, 3.63) is 58.4 Å². The van der Waals surface area contributed by atoms with Crippen molar-refractivity contribution >= 4 is 11.6 Å². The predicted molar refractivity (Wildman–Crippen MR) is 77.8 cm³/mol. The number of hydrogen-bond donors (Lipinski definition) is 1. The first-order chi connectivity index (χ1) is 10.2. The summed E-state index contributed by atoms with van der Waals surface area (Å²) in [5.74, 6) is -0.481. The Bertz CT molecular complexity index is 724. The fourth-order valence-corrected chi connectivity index (χ4v) is 2.10. The van der Waals surface area contributed by atoms with Crippen LogP contribution >= 0.6 is 0 Å². The van der Waals surface area contributed by atoms with Gasteiger partial charge in [-0.3, -0.25) is 4.79 Å². The third-order valence-corrected chi connectivity index (χ3v) is 3.25. The highest BCUT2D eigenvalue weighted by Gasteiger charge is 2.33. The molecule has 0 saturated carbocycles. The quantitative estimate of drug-likeness (QED) is 0.900. The monoisotopic (exact) mass is 308 g/mol. The van der Waals surface area contributed by atoms with Crippen LogP contribution in [0.2, 0.25) is 0 Å². The van der Waals surface area contributed by atoms with Gasteiger partial charge < -0.3 is 5.32 Å². The predicted octanol–water partition coefficient (Wildman–Crippen LogP) is 4.28. The van der Waals surface area contributed by atoms with Crippen molar-refractivity contribution in [3.8, 4) is 0 Å². The van der Waals surface area contributed by atoms with Gasteiger partial charge in [0, 0.05) is 5.69 Å². The lowest BCUT2D eigenvalue weighted by Gasteiger charge is -2.12. The molecule has 0 saturated heterocycles. The van der Waals surface area contributed by atoms with Crippen LogP contribution < -0.4 is 5.32 Å². The summed E-state index contributed by atoms with van der Waals surface area (Å²) in [6, 6.07) is 7.47. The third-order valence-electron chi connectivity index (χ3n) is 3.25. The van der Waals surface area contributed by atoms with E-state index in [0.717, 1.165) is 23.3 Å². The van der Waals surface area contributed by atoms with E-state index in [1.54, 1.807) is 6.07 Å². The van der Waals surface area contributed by atoms with Gasteiger partial charge in [-0.15, -0.1) is 0 Å². The molecule has 1 N–H and O–H groups in total. The second-order valence-corrected chi connectivity index (χ2v) is 5.10. The number of nitrogens with zero attached hydrogens (tertiary/aromatic N) is 1. The second-order valence-electron chi connectivity index (χ2n) is 5.10. The molecule has 1 heterocycles. The summed E-state index contributed by atoms with van der Waals surface area (Å²) in [4.78, 5) is 15.7. The summed E-state index contributed by atoms with van der Waals surface area (Å²) >= 11 is 0. The Kier molecular flexibility index (Phi) is 4.21. The molecule has 2 aromatic rings. The lowest BCUT2D eigenvalue weighted by Crippen LogP contribution is -2.17. The first kappa shape index (κ1) is 16.0. The van der Waals surface area contributed by atoms with Crippen LogP contribution in [0.3, 0.4) is 0 Å². The third kappa shape index (κ3) is 3.44. The second kappa shape index (κ2) is 5.79. The molecule has 0 bridgehead atoms. The summed E-state index contributed by atoms with van der Waals surface area (Å²) in [5, 5.41) is 2.69. The first-order valence-electron chi connectivity index (χ1n) is 6.62. The summed E-state index contributed by atoms with van der Waals surface area (Å²) in [6.45, 7) is 5.16. The van der Waals surface area contributed by atoms with Crippen LogP contribution in [-0.2, 0) is 6.18 Å². The van der Waals surface area contributed by atoms with Gasteiger partial charge in [0.05, 0.1) is 11.3 Å². The number of amides is 1. The molecule has 2 rings (SSSR count). The molecule has 116 valence electrons. The number of halogens is 3. The molecule has 0 aliphatic rings. The van der Waals surface area contributed by atoms with Gasteiger partial charge in [-0.25, -0.2) is 4.98 Å². The number of aromatic nitrogens is 1. The van der Waals surface area contributed by atoms with Crippen LogP contribution in [0.1, 0.15) is 32.9 Å². The number of carbonyl (C=O) groups is 1. The van der Waals surface area contributed by atoms with Crippen LogP contribution in [0, 0.1) is 20.8 Å². The van der Waals surface area contributed by atoms with Gasteiger partial charge in [0.15, 0.2) is 0 Å². The number of hydrogen-bond acceptors (Lipinski definition) is 2. The van der Waals surface area contributed by atoms with E-state index < -0.39 is 17.8 Å². The largest absolute Gasteiger partial charge is 0.433 e. The highest BCUT2D eigenvalue weighted by molar-refractivity contribution is 6.05. The van der Waals surface area contributed by atoms with Gasteiger partial charge in [-0.05, 0) is 44.5 Å². The molecule has 1 aromatic carbocycles. The highest BCUT2D eigenvalue weighted by Crippen LogP contribution is 2.28. The molecule has 0 fully saturated rings. The fourth-order valence-electron chi connectivity index (χ4n) is 2.10. The van der Waals surface area contributed by atoms with Crippen LogP contribution in [0.25, 0.3) is 0 Å². The van der Waals surface area contributed by atoms with Crippen LogP contribution in [0.5, 0.6) is 0 Å². The molecule has 1 aromatic heterocycles. The summed E-state index contributed by atoms with van der Waals surface area (Å²) in [6.07, 6.45) is -4.52. The Morgan fingerprint density at radius 2 is 1.77 bits per heavy atom. The van der Waals surface area contributed by atoms with E-state index in [-0.39, 0.29) is 11.3 Å². The van der Waals surface area contributed by atoms with Crippen molar-refractivity contribution in [1.29, 1.82) is 0 Å². The molecule has 0 aliphatic heterocycles. The maximum Gasteiger partial charge on any atom is 0.433 e. The molecule has 3 nitrogen and oxygen atoms in total. The van der Waals surface area contributed by atoms with Gasteiger partial charge in [-0.1, -0.05) is 17.7 Å². The van der Waals surface area contributed by atoms with E-state index >= 15 is 0 Å². The van der Waals surface area contributed by atoms with E-state index in [0.29, 0.717) is 5.69 Å². The molecule has 0 radical (unpaired) electrons. The van der Waals surface area contributed by atoms with Crippen LogP contribution in [0.15, 0.2) is 30.3 Å². The Hall–Kier alpha value is -2.37. The number of rotatable bonds is 2. The minimum atomic E-state index is -4.52. The average Bonchev–Trinajstić information content (AvgIpc) is 2.40. The molecule has 0 atom stereocenters. The van der Waals surface area contributed by atoms with Gasteiger partial charge in [-0.2, -0.15) is 13.2 Å². The zero-order chi connectivity index (χ0) is 16.5.